The molecule has 2 atom stereocenters. The van der Waals surface area contributed by atoms with Crippen molar-refractivity contribution in [3.05, 3.63) is 0 Å². The van der Waals surface area contributed by atoms with Crippen molar-refractivity contribution in [2.24, 2.45) is 5.41 Å². The molecule has 0 bridgehead atoms. The standard InChI is InChI=1S/C14H22N2OS/c1-18-12-7-3-2-6-11(12)16-13(17)14(10-15)8-4-5-9-14/h11-12H,2-9H2,1H3,(H,16,17). The second-order valence-electron chi connectivity index (χ2n) is 5.54. The van der Waals surface area contributed by atoms with Crippen molar-refractivity contribution < 1.29 is 4.79 Å². The van der Waals surface area contributed by atoms with Gasteiger partial charge in [0.05, 0.1) is 6.07 Å². The van der Waals surface area contributed by atoms with Crippen molar-refractivity contribution in [3.8, 4) is 6.07 Å². The van der Waals surface area contributed by atoms with Crippen LogP contribution in [0, 0.1) is 16.7 Å². The van der Waals surface area contributed by atoms with Gasteiger partial charge in [0.2, 0.25) is 5.91 Å². The number of carbonyl (C=O) groups is 1. The number of nitrogens with zero attached hydrogens (tertiary/aromatic N) is 1. The monoisotopic (exact) mass is 266 g/mol. The first-order valence-electron chi connectivity index (χ1n) is 6.97. The van der Waals surface area contributed by atoms with Gasteiger partial charge in [0.15, 0.2) is 0 Å². The summed E-state index contributed by atoms with van der Waals surface area (Å²) in [6, 6.07) is 2.55. The van der Waals surface area contributed by atoms with Gasteiger partial charge in [0.1, 0.15) is 5.41 Å². The maximum atomic E-state index is 12.4. The van der Waals surface area contributed by atoms with Crippen molar-refractivity contribution in [3.63, 3.8) is 0 Å². The number of nitriles is 1. The lowest BCUT2D eigenvalue weighted by atomic mass is 9.85. The van der Waals surface area contributed by atoms with Crippen LogP contribution in [-0.2, 0) is 4.79 Å². The Morgan fingerprint density at radius 2 is 1.94 bits per heavy atom. The van der Waals surface area contributed by atoms with E-state index in [2.05, 4.69) is 17.6 Å². The quantitative estimate of drug-likeness (QED) is 0.854. The summed E-state index contributed by atoms with van der Waals surface area (Å²) < 4.78 is 0. The lowest BCUT2D eigenvalue weighted by Gasteiger charge is -2.33. The first-order chi connectivity index (χ1) is 8.72. The predicted octanol–water partition coefficient (Wildman–Crippen LogP) is 2.86. The highest BCUT2D eigenvalue weighted by Crippen LogP contribution is 2.38. The van der Waals surface area contributed by atoms with E-state index in [1.165, 1.54) is 19.3 Å². The van der Waals surface area contributed by atoms with Gasteiger partial charge in [-0.25, -0.2) is 0 Å². The van der Waals surface area contributed by atoms with Crippen LogP contribution < -0.4 is 5.32 Å². The predicted molar refractivity (Wildman–Crippen MR) is 74.2 cm³/mol. The maximum absolute atomic E-state index is 12.4. The highest BCUT2D eigenvalue weighted by atomic mass is 32.2. The number of thioether (sulfide) groups is 1. The van der Waals surface area contributed by atoms with E-state index in [1.807, 2.05) is 11.8 Å². The van der Waals surface area contributed by atoms with Gasteiger partial charge in [-0.2, -0.15) is 17.0 Å². The SMILES string of the molecule is CSC1CCCCC1NC(=O)C1(C#N)CCCC1. The molecule has 0 aromatic carbocycles. The molecule has 2 aliphatic carbocycles. The third-order valence-electron chi connectivity index (χ3n) is 4.43. The smallest absolute Gasteiger partial charge is 0.240 e. The molecule has 0 aromatic heterocycles. The van der Waals surface area contributed by atoms with Crippen molar-refractivity contribution in [1.29, 1.82) is 5.26 Å². The van der Waals surface area contributed by atoms with Crippen molar-refractivity contribution in [2.75, 3.05) is 6.26 Å². The minimum absolute atomic E-state index is 0.00606. The van der Waals surface area contributed by atoms with Gasteiger partial charge in [0, 0.05) is 11.3 Å². The molecule has 4 heteroatoms. The van der Waals surface area contributed by atoms with Crippen LogP contribution in [0.3, 0.4) is 0 Å². The Bertz CT molecular complexity index is 344. The minimum atomic E-state index is -0.722. The maximum Gasteiger partial charge on any atom is 0.240 e. The molecule has 0 saturated heterocycles. The van der Waals surface area contributed by atoms with E-state index in [1.54, 1.807) is 0 Å². The fraction of sp³-hybridized carbons (Fsp3) is 0.857. The van der Waals surface area contributed by atoms with E-state index in [0.29, 0.717) is 5.25 Å². The van der Waals surface area contributed by atoms with E-state index in [0.717, 1.165) is 32.1 Å². The number of amides is 1. The zero-order valence-electron chi connectivity index (χ0n) is 11.1. The second kappa shape index (κ2) is 5.97. The molecule has 2 saturated carbocycles. The fourth-order valence-corrected chi connectivity index (χ4v) is 4.15. The second-order valence-corrected chi connectivity index (χ2v) is 6.62. The molecule has 2 aliphatic rings. The van der Waals surface area contributed by atoms with E-state index < -0.39 is 5.41 Å². The van der Waals surface area contributed by atoms with Gasteiger partial charge in [-0.05, 0) is 31.9 Å². The van der Waals surface area contributed by atoms with Crippen LogP contribution in [0.1, 0.15) is 51.4 Å². The topological polar surface area (TPSA) is 52.9 Å². The summed E-state index contributed by atoms with van der Waals surface area (Å²) >= 11 is 1.85. The van der Waals surface area contributed by atoms with Gasteiger partial charge in [0.25, 0.3) is 0 Å². The lowest BCUT2D eigenvalue weighted by molar-refractivity contribution is -0.128. The molecule has 0 radical (unpaired) electrons. The Kier molecular flexibility index (Phi) is 4.55. The number of hydrogen-bond donors (Lipinski definition) is 1. The van der Waals surface area contributed by atoms with Crippen LogP contribution in [0.25, 0.3) is 0 Å². The molecule has 0 aromatic rings. The molecule has 0 aliphatic heterocycles. The lowest BCUT2D eigenvalue weighted by Crippen LogP contribution is -2.49. The molecule has 100 valence electrons. The highest BCUT2D eigenvalue weighted by molar-refractivity contribution is 7.99. The Balaban J connectivity index is 1.99. The van der Waals surface area contributed by atoms with Crippen LogP contribution in [0.15, 0.2) is 0 Å². The van der Waals surface area contributed by atoms with Gasteiger partial charge in [-0.3, -0.25) is 4.79 Å². The van der Waals surface area contributed by atoms with Crippen LogP contribution in [0.5, 0.6) is 0 Å². The van der Waals surface area contributed by atoms with Gasteiger partial charge in [-0.15, -0.1) is 0 Å². The van der Waals surface area contributed by atoms with Crippen LogP contribution >= 0.6 is 11.8 Å². The van der Waals surface area contributed by atoms with Crippen molar-refractivity contribution in [1.82, 2.24) is 5.32 Å². The molecule has 0 spiro atoms. The Labute approximate surface area is 114 Å². The van der Waals surface area contributed by atoms with Crippen molar-refractivity contribution >= 4 is 17.7 Å². The molecule has 18 heavy (non-hydrogen) atoms. The zero-order chi connectivity index (χ0) is 13.0. The van der Waals surface area contributed by atoms with E-state index in [4.69, 9.17) is 0 Å². The Hall–Kier alpha value is -0.690. The average molecular weight is 266 g/mol. The zero-order valence-corrected chi connectivity index (χ0v) is 11.9. The van der Waals surface area contributed by atoms with E-state index >= 15 is 0 Å². The molecule has 2 rings (SSSR count). The van der Waals surface area contributed by atoms with E-state index in [-0.39, 0.29) is 11.9 Å². The molecular formula is C14H22N2OS. The molecule has 2 unspecified atom stereocenters. The minimum Gasteiger partial charge on any atom is -0.351 e. The van der Waals surface area contributed by atoms with Crippen LogP contribution in [-0.4, -0.2) is 23.5 Å². The van der Waals surface area contributed by atoms with Crippen LogP contribution in [0.4, 0.5) is 0 Å². The molecule has 0 heterocycles. The van der Waals surface area contributed by atoms with Crippen molar-refractivity contribution in [2.45, 2.75) is 62.7 Å². The summed E-state index contributed by atoms with van der Waals surface area (Å²) in [6.45, 7) is 0. The third kappa shape index (κ3) is 2.66. The summed E-state index contributed by atoms with van der Waals surface area (Å²) in [5.41, 5.74) is -0.722. The number of nitrogens with one attached hydrogen (secondary N) is 1. The normalized spacial score (nSPS) is 30.7. The molecule has 3 nitrogen and oxygen atoms in total. The fourth-order valence-electron chi connectivity index (χ4n) is 3.22. The summed E-state index contributed by atoms with van der Waals surface area (Å²) in [4.78, 5) is 12.4. The summed E-state index contributed by atoms with van der Waals surface area (Å²) in [6.07, 6.45) is 10.3. The number of rotatable bonds is 3. The molecular weight excluding hydrogens is 244 g/mol. The van der Waals surface area contributed by atoms with Gasteiger partial charge in [-0.1, -0.05) is 25.7 Å². The first kappa shape index (κ1) is 13.7. The molecule has 1 amide bonds. The average Bonchev–Trinajstić information content (AvgIpc) is 2.89. The summed E-state index contributed by atoms with van der Waals surface area (Å²) in [5.74, 6) is -0.00606. The first-order valence-corrected chi connectivity index (χ1v) is 8.26. The Morgan fingerprint density at radius 1 is 1.28 bits per heavy atom. The van der Waals surface area contributed by atoms with Gasteiger partial charge < -0.3 is 5.32 Å². The van der Waals surface area contributed by atoms with E-state index in [9.17, 15) is 10.1 Å². The molecule has 2 fully saturated rings. The number of carbonyl (C=O) groups excluding carboxylic acids is 1. The Morgan fingerprint density at radius 3 is 2.56 bits per heavy atom. The third-order valence-corrected chi connectivity index (χ3v) is 5.60. The summed E-state index contributed by atoms with van der Waals surface area (Å²) in [5, 5.41) is 13.0. The van der Waals surface area contributed by atoms with Crippen LogP contribution in [0.2, 0.25) is 0 Å². The molecule has 1 N–H and O–H groups in total. The summed E-state index contributed by atoms with van der Waals surface area (Å²) in [7, 11) is 0. The van der Waals surface area contributed by atoms with Gasteiger partial charge >= 0.3 is 0 Å². The number of hydrogen-bond acceptors (Lipinski definition) is 3. The largest absolute Gasteiger partial charge is 0.351 e. The highest BCUT2D eigenvalue weighted by Gasteiger charge is 2.42.